The van der Waals surface area contributed by atoms with Crippen molar-refractivity contribution in [2.75, 3.05) is 17.2 Å². The molecule has 7 nitrogen and oxygen atoms in total. The average Bonchev–Trinajstić information content (AvgIpc) is 2.81. The second kappa shape index (κ2) is 9.40. The van der Waals surface area contributed by atoms with E-state index in [1.165, 1.54) is 0 Å². The zero-order valence-corrected chi connectivity index (χ0v) is 17.1. The third-order valence-corrected chi connectivity index (χ3v) is 4.99. The highest BCUT2D eigenvalue weighted by molar-refractivity contribution is 5.99. The van der Waals surface area contributed by atoms with Gasteiger partial charge in [-0.3, -0.25) is 9.78 Å². The summed E-state index contributed by atoms with van der Waals surface area (Å²) < 4.78 is 14.7. The number of nitrogens with one attached hydrogen (secondary N) is 2. The molecule has 0 spiro atoms. The SMILES string of the molecule is NC(=O)c1cc(F)c(NC(CO)Cc2ccccc2)nc1Nc1ccc2ncccc2c1. The molecule has 1 atom stereocenters. The molecule has 2 aromatic carbocycles. The van der Waals surface area contributed by atoms with Crippen LogP contribution < -0.4 is 16.4 Å². The highest BCUT2D eigenvalue weighted by Crippen LogP contribution is 2.26. The Labute approximate surface area is 184 Å². The molecule has 1 amide bonds. The largest absolute Gasteiger partial charge is 0.394 e. The normalized spacial score (nSPS) is 11.8. The summed E-state index contributed by atoms with van der Waals surface area (Å²) >= 11 is 0. The van der Waals surface area contributed by atoms with E-state index in [1.807, 2.05) is 54.6 Å². The van der Waals surface area contributed by atoms with Crippen LogP contribution in [-0.2, 0) is 6.42 Å². The zero-order valence-electron chi connectivity index (χ0n) is 17.1. The molecule has 162 valence electrons. The lowest BCUT2D eigenvalue weighted by Gasteiger charge is -2.19. The number of aromatic nitrogens is 2. The van der Waals surface area contributed by atoms with Gasteiger partial charge < -0.3 is 21.5 Å². The first-order chi connectivity index (χ1) is 15.5. The third-order valence-electron chi connectivity index (χ3n) is 4.99. The number of nitrogens with zero attached hydrogens (tertiary/aromatic N) is 2. The summed E-state index contributed by atoms with van der Waals surface area (Å²) in [5, 5.41) is 16.6. The Hall–Kier alpha value is -4.04. The highest BCUT2D eigenvalue weighted by atomic mass is 19.1. The van der Waals surface area contributed by atoms with E-state index in [4.69, 9.17) is 5.73 Å². The van der Waals surface area contributed by atoms with E-state index >= 15 is 0 Å². The Morgan fingerprint density at radius 2 is 1.88 bits per heavy atom. The lowest BCUT2D eigenvalue weighted by molar-refractivity contribution is 0.100. The maximum absolute atomic E-state index is 14.7. The molecule has 0 bridgehead atoms. The van der Waals surface area contributed by atoms with Crippen LogP contribution in [0.3, 0.4) is 0 Å². The van der Waals surface area contributed by atoms with Gasteiger partial charge >= 0.3 is 0 Å². The molecule has 0 aliphatic carbocycles. The Morgan fingerprint density at radius 1 is 1.06 bits per heavy atom. The van der Waals surface area contributed by atoms with Crippen molar-refractivity contribution in [3.8, 4) is 0 Å². The number of hydrogen-bond donors (Lipinski definition) is 4. The van der Waals surface area contributed by atoms with Gasteiger partial charge in [-0.2, -0.15) is 0 Å². The van der Waals surface area contributed by atoms with Crippen LogP contribution >= 0.6 is 0 Å². The number of carbonyl (C=O) groups excluding carboxylic acids is 1. The molecule has 8 heteroatoms. The number of carbonyl (C=O) groups is 1. The lowest BCUT2D eigenvalue weighted by Crippen LogP contribution is -2.28. The van der Waals surface area contributed by atoms with Gasteiger partial charge in [0.15, 0.2) is 11.6 Å². The van der Waals surface area contributed by atoms with Gasteiger partial charge in [-0.25, -0.2) is 9.37 Å². The van der Waals surface area contributed by atoms with E-state index in [0.717, 1.165) is 22.5 Å². The van der Waals surface area contributed by atoms with Crippen LogP contribution in [0.15, 0.2) is 72.9 Å². The van der Waals surface area contributed by atoms with Crippen LogP contribution in [0.25, 0.3) is 10.9 Å². The third kappa shape index (κ3) is 4.81. The molecule has 0 aliphatic rings. The highest BCUT2D eigenvalue weighted by Gasteiger charge is 2.19. The monoisotopic (exact) mass is 431 g/mol. The molecular formula is C24H22FN5O2. The van der Waals surface area contributed by atoms with Crippen molar-refractivity contribution in [2.45, 2.75) is 12.5 Å². The second-order valence-electron chi connectivity index (χ2n) is 7.33. The molecule has 2 heterocycles. The van der Waals surface area contributed by atoms with Gasteiger partial charge in [0.2, 0.25) is 0 Å². The first kappa shape index (κ1) is 21.2. The summed E-state index contributed by atoms with van der Waals surface area (Å²) in [6.07, 6.45) is 2.17. The van der Waals surface area contributed by atoms with Crippen molar-refractivity contribution in [1.29, 1.82) is 0 Å². The van der Waals surface area contributed by atoms with Crippen LogP contribution in [-0.4, -0.2) is 33.6 Å². The van der Waals surface area contributed by atoms with Crippen molar-refractivity contribution in [3.63, 3.8) is 0 Å². The van der Waals surface area contributed by atoms with Gasteiger partial charge in [-0.1, -0.05) is 36.4 Å². The van der Waals surface area contributed by atoms with Crippen LogP contribution in [0.4, 0.5) is 21.7 Å². The minimum Gasteiger partial charge on any atom is -0.394 e. The predicted molar refractivity (Wildman–Crippen MR) is 122 cm³/mol. The number of fused-ring (bicyclic) bond motifs is 1. The van der Waals surface area contributed by atoms with Crippen molar-refractivity contribution < 1.29 is 14.3 Å². The quantitative estimate of drug-likeness (QED) is 0.339. The van der Waals surface area contributed by atoms with E-state index in [9.17, 15) is 14.3 Å². The standard InChI is InChI=1S/C24H22FN5O2/c25-20-13-19(22(26)32)23(28-17-8-9-21-16(12-17)7-4-10-27-21)30-24(20)29-18(14-31)11-15-5-2-1-3-6-15/h1-10,12-13,18,31H,11,14H2,(H2,26,32)(H2,28,29,30). The lowest BCUT2D eigenvalue weighted by atomic mass is 10.1. The number of halogens is 1. The fraction of sp³-hybridized carbons (Fsp3) is 0.125. The summed E-state index contributed by atoms with van der Waals surface area (Å²) in [6, 6.07) is 19.3. The number of pyridine rings is 2. The second-order valence-corrected chi connectivity index (χ2v) is 7.33. The van der Waals surface area contributed by atoms with Crippen LogP contribution in [0.1, 0.15) is 15.9 Å². The molecule has 1 unspecified atom stereocenters. The van der Waals surface area contributed by atoms with Gasteiger partial charge in [0, 0.05) is 17.3 Å². The summed E-state index contributed by atoms with van der Waals surface area (Å²) in [5.74, 6) is -1.52. The topological polar surface area (TPSA) is 113 Å². The summed E-state index contributed by atoms with van der Waals surface area (Å²) in [7, 11) is 0. The Bertz CT molecular complexity index is 1250. The Kier molecular flexibility index (Phi) is 6.23. The Morgan fingerprint density at radius 3 is 2.62 bits per heavy atom. The number of benzene rings is 2. The number of anilines is 3. The van der Waals surface area contributed by atoms with Crippen molar-refractivity contribution in [3.05, 3.63) is 89.9 Å². The van der Waals surface area contributed by atoms with Crippen LogP contribution in [0.5, 0.6) is 0 Å². The summed E-state index contributed by atoms with van der Waals surface area (Å²) in [5.41, 5.74) is 7.81. The molecule has 0 saturated carbocycles. The Balaban J connectivity index is 1.63. The zero-order chi connectivity index (χ0) is 22.5. The van der Waals surface area contributed by atoms with Gasteiger partial charge in [0.05, 0.1) is 23.7 Å². The minimum atomic E-state index is -0.809. The molecular weight excluding hydrogens is 409 g/mol. The number of primary amides is 1. The molecule has 0 saturated heterocycles. The number of hydrogen-bond acceptors (Lipinski definition) is 6. The van der Waals surface area contributed by atoms with Crippen molar-refractivity contribution in [1.82, 2.24) is 9.97 Å². The summed E-state index contributed by atoms with van der Waals surface area (Å²) in [6.45, 7) is -0.228. The van der Waals surface area contributed by atoms with Crippen LogP contribution in [0.2, 0.25) is 0 Å². The van der Waals surface area contributed by atoms with E-state index in [0.29, 0.717) is 12.1 Å². The van der Waals surface area contributed by atoms with E-state index < -0.39 is 17.8 Å². The molecule has 2 aromatic heterocycles. The van der Waals surface area contributed by atoms with E-state index in [1.54, 1.807) is 12.3 Å². The molecule has 0 fully saturated rings. The maximum Gasteiger partial charge on any atom is 0.252 e. The number of amides is 1. The molecule has 4 rings (SSSR count). The van der Waals surface area contributed by atoms with Gasteiger partial charge in [-0.15, -0.1) is 0 Å². The maximum atomic E-state index is 14.7. The van der Waals surface area contributed by atoms with E-state index in [2.05, 4.69) is 20.6 Å². The molecule has 0 radical (unpaired) electrons. The molecule has 0 aliphatic heterocycles. The number of rotatable bonds is 8. The average molecular weight is 431 g/mol. The van der Waals surface area contributed by atoms with Crippen LogP contribution in [0, 0.1) is 5.82 Å². The molecule has 4 aromatic rings. The number of aliphatic hydroxyl groups excluding tert-OH is 1. The van der Waals surface area contributed by atoms with Gasteiger partial charge in [0.25, 0.3) is 5.91 Å². The van der Waals surface area contributed by atoms with Gasteiger partial charge in [0.1, 0.15) is 5.82 Å². The van der Waals surface area contributed by atoms with Gasteiger partial charge in [-0.05, 0) is 42.3 Å². The number of nitrogens with two attached hydrogens (primary N) is 1. The minimum absolute atomic E-state index is 0.0806. The van der Waals surface area contributed by atoms with E-state index in [-0.39, 0.29) is 23.8 Å². The fourth-order valence-electron chi connectivity index (χ4n) is 3.42. The first-order valence-electron chi connectivity index (χ1n) is 10.1. The molecule has 5 N–H and O–H groups in total. The number of aliphatic hydroxyl groups is 1. The summed E-state index contributed by atoms with van der Waals surface area (Å²) in [4.78, 5) is 20.5. The van der Waals surface area contributed by atoms with Crippen molar-refractivity contribution in [2.24, 2.45) is 5.73 Å². The molecule has 32 heavy (non-hydrogen) atoms. The predicted octanol–water partition coefficient (Wildman–Crippen LogP) is 3.63. The van der Waals surface area contributed by atoms with Crippen molar-refractivity contribution >= 4 is 34.1 Å². The first-order valence-corrected chi connectivity index (χ1v) is 10.1. The fourth-order valence-corrected chi connectivity index (χ4v) is 3.42. The smallest absolute Gasteiger partial charge is 0.252 e.